The molecule has 0 unspecified atom stereocenters. The van der Waals surface area contributed by atoms with Gasteiger partial charge in [0.05, 0.1) is 18.3 Å². The summed E-state index contributed by atoms with van der Waals surface area (Å²) in [6, 6.07) is 14.0. The van der Waals surface area contributed by atoms with Crippen molar-refractivity contribution in [2.24, 2.45) is 0 Å². The maximum atomic E-state index is 5.41. The number of aromatic nitrogens is 2. The van der Waals surface area contributed by atoms with Gasteiger partial charge in [-0.15, -0.1) is 0 Å². The van der Waals surface area contributed by atoms with Gasteiger partial charge in [0.1, 0.15) is 11.6 Å². The molecule has 0 amide bonds. The van der Waals surface area contributed by atoms with E-state index in [-0.39, 0.29) is 0 Å². The lowest BCUT2D eigenvalue weighted by atomic mass is 10.2. The number of ether oxygens (including phenoxy) is 1. The van der Waals surface area contributed by atoms with Crippen molar-refractivity contribution in [2.75, 3.05) is 31.4 Å². The summed E-state index contributed by atoms with van der Waals surface area (Å²) >= 11 is 0. The van der Waals surface area contributed by atoms with Gasteiger partial charge in [-0.3, -0.25) is 0 Å². The molecular formula is C18H20N4O. The molecule has 0 radical (unpaired) electrons. The predicted molar refractivity (Wildman–Crippen MR) is 94.9 cm³/mol. The minimum Gasteiger partial charge on any atom is -0.495 e. The topological polar surface area (TPSA) is 50.3 Å². The average Bonchev–Trinajstić information content (AvgIpc) is 2.54. The van der Waals surface area contributed by atoms with Crippen LogP contribution in [0.5, 0.6) is 5.75 Å². The third kappa shape index (κ3) is 3.04. The SMILES string of the molecule is COc1ccc(C)cc1Nc1nc(N(C)C)c2ccccc2n1. The summed E-state index contributed by atoms with van der Waals surface area (Å²) in [6.07, 6.45) is 0. The number of aryl methyl sites for hydroxylation is 1. The molecule has 1 N–H and O–H groups in total. The number of benzene rings is 2. The van der Waals surface area contributed by atoms with Gasteiger partial charge in [-0.05, 0) is 36.8 Å². The molecule has 0 atom stereocenters. The summed E-state index contributed by atoms with van der Waals surface area (Å²) < 4.78 is 5.41. The normalized spacial score (nSPS) is 10.6. The Morgan fingerprint density at radius 1 is 1.04 bits per heavy atom. The first-order valence-electron chi connectivity index (χ1n) is 7.44. The van der Waals surface area contributed by atoms with Crippen molar-refractivity contribution in [1.29, 1.82) is 0 Å². The van der Waals surface area contributed by atoms with Crippen LogP contribution < -0.4 is 15.0 Å². The van der Waals surface area contributed by atoms with Gasteiger partial charge in [0.25, 0.3) is 0 Å². The van der Waals surface area contributed by atoms with Crippen molar-refractivity contribution in [3.8, 4) is 5.75 Å². The van der Waals surface area contributed by atoms with Crippen LogP contribution in [0.3, 0.4) is 0 Å². The van der Waals surface area contributed by atoms with E-state index < -0.39 is 0 Å². The van der Waals surface area contributed by atoms with E-state index in [1.807, 2.05) is 68.4 Å². The molecule has 2 aromatic carbocycles. The highest BCUT2D eigenvalue weighted by Gasteiger charge is 2.11. The van der Waals surface area contributed by atoms with E-state index >= 15 is 0 Å². The third-order valence-corrected chi connectivity index (χ3v) is 3.61. The average molecular weight is 308 g/mol. The molecule has 3 aromatic rings. The standard InChI is InChI=1S/C18H20N4O/c1-12-9-10-16(23-4)15(11-12)20-18-19-14-8-6-5-7-13(14)17(21-18)22(2)3/h5-11H,1-4H3,(H,19,20,21). The quantitative estimate of drug-likeness (QED) is 0.795. The molecule has 0 aliphatic carbocycles. The first-order chi connectivity index (χ1) is 11.1. The Hall–Kier alpha value is -2.82. The molecule has 5 nitrogen and oxygen atoms in total. The lowest BCUT2D eigenvalue weighted by Crippen LogP contribution is -2.13. The zero-order chi connectivity index (χ0) is 16.4. The molecule has 0 bridgehead atoms. The molecule has 5 heteroatoms. The lowest BCUT2D eigenvalue weighted by molar-refractivity contribution is 0.416. The number of fused-ring (bicyclic) bond motifs is 1. The monoisotopic (exact) mass is 308 g/mol. The van der Waals surface area contributed by atoms with Crippen LogP contribution in [0.2, 0.25) is 0 Å². The highest BCUT2D eigenvalue weighted by Crippen LogP contribution is 2.30. The zero-order valence-electron chi connectivity index (χ0n) is 13.8. The molecule has 0 saturated heterocycles. The number of hydrogen-bond donors (Lipinski definition) is 1. The van der Waals surface area contributed by atoms with Crippen LogP contribution >= 0.6 is 0 Å². The first-order valence-corrected chi connectivity index (χ1v) is 7.44. The molecule has 0 spiro atoms. The van der Waals surface area contributed by atoms with Crippen molar-refractivity contribution >= 4 is 28.4 Å². The summed E-state index contributed by atoms with van der Waals surface area (Å²) in [6.45, 7) is 2.04. The van der Waals surface area contributed by atoms with Gasteiger partial charge in [0.15, 0.2) is 0 Å². The fourth-order valence-corrected chi connectivity index (χ4v) is 2.50. The Kier molecular flexibility index (Phi) is 4.02. The van der Waals surface area contributed by atoms with E-state index in [1.165, 1.54) is 0 Å². The first kappa shape index (κ1) is 15.1. The maximum Gasteiger partial charge on any atom is 0.229 e. The fourth-order valence-electron chi connectivity index (χ4n) is 2.50. The maximum absolute atomic E-state index is 5.41. The summed E-state index contributed by atoms with van der Waals surface area (Å²) in [7, 11) is 5.61. The number of para-hydroxylation sites is 1. The van der Waals surface area contributed by atoms with Crippen molar-refractivity contribution in [1.82, 2.24) is 9.97 Å². The van der Waals surface area contributed by atoms with Gasteiger partial charge in [-0.25, -0.2) is 4.98 Å². The number of rotatable bonds is 4. The molecule has 1 heterocycles. The zero-order valence-corrected chi connectivity index (χ0v) is 13.8. The lowest BCUT2D eigenvalue weighted by Gasteiger charge is -2.16. The summed E-state index contributed by atoms with van der Waals surface area (Å²) in [5, 5.41) is 4.30. The van der Waals surface area contributed by atoms with Gasteiger partial charge in [-0.1, -0.05) is 18.2 Å². The number of anilines is 3. The van der Waals surface area contributed by atoms with Gasteiger partial charge in [-0.2, -0.15) is 4.98 Å². The van der Waals surface area contributed by atoms with Crippen LogP contribution in [0.15, 0.2) is 42.5 Å². The highest BCUT2D eigenvalue weighted by molar-refractivity contribution is 5.90. The second-order valence-electron chi connectivity index (χ2n) is 5.61. The molecule has 0 aliphatic heterocycles. The second kappa shape index (κ2) is 6.12. The van der Waals surface area contributed by atoms with Crippen molar-refractivity contribution < 1.29 is 4.74 Å². The summed E-state index contributed by atoms with van der Waals surface area (Å²) in [4.78, 5) is 11.3. The Morgan fingerprint density at radius 3 is 2.57 bits per heavy atom. The van der Waals surface area contributed by atoms with E-state index in [0.29, 0.717) is 5.95 Å². The summed E-state index contributed by atoms with van der Waals surface area (Å²) in [5.74, 6) is 2.19. The van der Waals surface area contributed by atoms with E-state index in [4.69, 9.17) is 4.74 Å². The Bertz CT molecular complexity index is 846. The third-order valence-electron chi connectivity index (χ3n) is 3.61. The Morgan fingerprint density at radius 2 is 1.83 bits per heavy atom. The van der Waals surface area contributed by atoms with Crippen LogP contribution in [-0.4, -0.2) is 31.2 Å². The van der Waals surface area contributed by atoms with Gasteiger partial charge < -0.3 is 15.0 Å². The highest BCUT2D eigenvalue weighted by atomic mass is 16.5. The second-order valence-corrected chi connectivity index (χ2v) is 5.61. The predicted octanol–water partition coefficient (Wildman–Crippen LogP) is 3.76. The van der Waals surface area contributed by atoms with Crippen molar-refractivity contribution in [3.05, 3.63) is 48.0 Å². The molecule has 0 saturated carbocycles. The van der Waals surface area contributed by atoms with Crippen LogP contribution in [0.4, 0.5) is 17.5 Å². The van der Waals surface area contributed by atoms with E-state index in [0.717, 1.165) is 33.7 Å². The number of hydrogen-bond acceptors (Lipinski definition) is 5. The van der Waals surface area contributed by atoms with Gasteiger partial charge in [0.2, 0.25) is 5.95 Å². The van der Waals surface area contributed by atoms with Crippen LogP contribution in [0, 0.1) is 6.92 Å². The number of nitrogens with one attached hydrogen (secondary N) is 1. The van der Waals surface area contributed by atoms with Crippen LogP contribution in [-0.2, 0) is 0 Å². The van der Waals surface area contributed by atoms with Crippen LogP contribution in [0.25, 0.3) is 10.9 Å². The van der Waals surface area contributed by atoms with Crippen LogP contribution in [0.1, 0.15) is 5.56 Å². The van der Waals surface area contributed by atoms with Crippen molar-refractivity contribution in [2.45, 2.75) is 6.92 Å². The van der Waals surface area contributed by atoms with Gasteiger partial charge in [0, 0.05) is 19.5 Å². The molecule has 118 valence electrons. The molecule has 0 aliphatic rings. The summed E-state index contributed by atoms with van der Waals surface area (Å²) in [5.41, 5.74) is 2.90. The molecule has 3 rings (SSSR count). The largest absolute Gasteiger partial charge is 0.495 e. The molecule has 0 fully saturated rings. The smallest absolute Gasteiger partial charge is 0.229 e. The molecule has 1 aromatic heterocycles. The Balaban J connectivity index is 2.09. The van der Waals surface area contributed by atoms with Gasteiger partial charge >= 0.3 is 0 Å². The van der Waals surface area contributed by atoms with E-state index in [2.05, 4.69) is 15.3 Å². The van der Waals surface area contributed by atoms with Crippen molar-refractivity contribution in [3.63, 3.8) is 0 Å². The molecular weight excluding hydrogens is 288 g/mol. The number of methoxy groups -OCH3 is 1. The Labute approximate surface area is 135 Å². The minimum atomic E-state index is 0.552. The van der Waals surface area contributed by atoms with E-state index in [9.17, 15) is 0 Å². The van der Waals surface area contributed by atoms with E-state index in [1.54, 1.807) is 7.11 Å². The minimum absolute atomic E-state index is 0.552. The fraction of sp³-hybridized carbons (Fsp3) is 0.222. The molecule has 23 heavy (non-hydrogen) atoms. The number of nitrogens with zero attached hydrogens (tertiary/aromatic N) is 3.